The summed E-state index contributed by atoms with van der Waals surface area (Å²) in [4.78, 5) is 4.36. The molecule has 0 aromatic carbocycles. The van der Waals surface area contributed by atoms with Crippen molar-refractivity contribution >= 4 is 0 Å². The van der Waals surface area contributed by atoms with Crippen LogP contribution in [0.5, 0.6) is 0 Å². The molecule has 1 N–H and O–H groups in total. The van der Waals surface area contributed by atoms with Gasteiger partial charge in [-0.05, 0) is 7.05 Å². The molecule has 0 saturated heterocycles. The molecule has 0 aromatic heterocycles. The Morgan fingerprint density at radius 2 is 2.43 bits per heavy atom. The van der Waals surface area contributed by atoms with Gasteiger partial charge in [-0.1, -0.05) is 0 Å². The van der Waals surface area contributed by atoms with Crippen LogP contribution in [0.4, 0.5) is 0 Å². The fourth-order valence-corrected chi connectivity index (χ4v) is 0.155. The molecule has 0 atom stereocenters. The minimum atomic E-state index is 0.205. The van der Waals surface area contributed by atoms with E-state index in [0.29, 0.717) is 0 Å². The third-order valence-electron chi connectivity index (χ3n) is 0.432. The quantitative estimate of drug-likeness (QED) is 0.389. The Balaban J connectivity index is 2.68. The summed E-state index contributed by atoms with van der Waals surface area (Å²) in [6.45, 7) is 0.205. The fraction of sp³-hybridized carbons (Fsp3) is 1.00. The molecule has 0 aliphatic heterocycles. The van der Waals surface area contributed by atoms with Gasteiger partial charge in [0, 0.05) is 0 Å². The SMILES string of the molecule is CONCN(C)[O-]. The summed E-state index contributed by atoms with van der Waals surface area (Å²) < 4.78 is 0. The molecule has 0 aromatic rings. The second-order valence-electron chi connectivity index (χ2n) is 1.13. The Hall–Kier alpha value is -0.160. The molecule has 0 aliphatic carbocycles. The van der Waals surface area contributed by atoms with E-state index in [2.05, 4.69) is 10.3 Å². The highest BCUT2D eigenvalue weighted by Crippen LogP contribution is 1.66. The van der Waals surface area contributed by atoms with Crippen molar-refractivity contribution in [2.24, 2.45) is 0 Å². The second-order valence-corrected chi connectivity index (χ2v) is 1.13. The molecule has 0 rings (SSSR count). The van der Waals surface area contributed by atoms with Crippen molar-refractivity contribution < 1.29 is 4.84 Å². The first-order valence-corrected chi connectivity index (χ1v) is 1.91. The van der Waals surface area contributed by atoms with Gasteiger partial charge < -0.3 is 15.1 Å². The molecule has 0 bridgehead atoms. The standard InChI is InChI=1S/C3H9N2O2/c1-5(6)3-4-7-2/h4H,3H2,1-2H3/q-1. The first kappa shape index (κ1) is 6.84. The molecule has 4 nitrogen and oxygen atoms in total. The molecule has 0 unspecified atom stereocenters. The lowest BCUT2D eigenvalue weighted by atomic mass is 11.1. The van der Waals surface area contributed by atoms with E-state index < -0.39 is 0 Å². The third-order valence-corrected chi connectivity index (χ3v) is 0.432. The molecule has 0 aliphatic rings. The summed E-state index contributed by atoms with van der Waals surface area (Å²) >= 11 is 0. The zero-order valence-corrected chi connectivity index (χ0v) is 4.47. The van der Waals surface area contributed by atoms with Crippen LogP contribution in [-0.4, -0.2) is 25.9 Å². The lowest BCUT2D eigenvalue weighted by Gasteiger charge is -2.20. The summed E-state index contributed by atoms with van der Waals surface area (Å²) in [6, 6.07) is 0. The van der Waals surface area contributed by atoms with E-state index in [1.807, 2.05) is 0 Å². The molecule has 0 heterocycles. The van der Waals surface area contributed by atoms with E-state index in [4.69, 9.17) is 0 Å². The maximum absolute atomic E-state index is 9.98. The van der Waals surface area contributed by atoms with Crippen LogP contribution < -0.4 is 5.48 Å². The first-order valence-electron chi connectivity index (χ1n) is 1.91. The molecule has 4 heteroatoms. The van der Waals surface area contributed by atoms with Gasteiger partial charge in [0.05, 0.1) is 13.8 Å². The van der Waals surface area contributed by atoms with Crippen molar-refractivity contribution in [1.29, 1.82) is 0 Å². The molecule has 7 heavy (non-hydrogen) atoms. The minimum Gasteiger partial charge on any atom is -0.784 e. The predicted octanol–water partition coefficient (Wildman–Crippen LogP) is -0.476. The fourth-order valence-electron chi connectivity index (χ4n) is 0.155. The van der Waals surface area contributed by atoms with Gasteiger partial charge >= 0.3 is 0 Å². The maximum Gasteiger partial charge on any atom is 0.0610 e. The van der Waals surface area contributed by atoms with Crippen LogP contribution in [0.25, 0.3) is 0 Å². The Labute approximate surface area is 42.6 Å². The monoisotopic (exact) mass is 105 g/mol. The number of hydrogen-bond donors (Lipinski definition) is 1. The molecular formula is C3H9N2O2-. The van der Waals surface area contributed by atoms with E-state index in [1.165, 1.54) is 14.2 Å². The van der Waals surface area contributed by atoms with Gasteiger partial charge in [-0.2, -0.15) is 5.48 Å². The third kappa shape index (κ3) is 5.84. The normalized spacial score (nSPS) is 10.3. The zero-order chi connectivity index (χ0) is 5.70. The van der Waals surface area contributed by atoms with E-state index in [-0.39, 0.29) is 6.67 Å². The first-order chi connectivity index (χ1) is 3.27. The summed E-state index contributed by atoms with van der Waals surface area (Å²) in [7, 11) is 2.87. The molecule has 0 amide bonds. The van der Waals surface area contributed by atoms with Crippen LogP contribution >= 0.6 is 0 Å². The summed E-state index contributed by atoms with van der Waals surface area (Å²) in [5.41, 5.74) is 2.36. The summed E-state index contributed by atoms with van der Waals surface area (Å²) in [5.74, 6) is 0. The van der Waals surface area contributed by atoms with Crippen molar-refractivity contribution in [3.63, 3.8) is 0 Å². The highest BCUT2D eigenvalue weighted by molar-refractivity contribution is 4.38. The predicted molar refractivity (Wildman–Crippen MR) is 26.1 cm³/mol. The van der Waals surface area contributed by atoms with Crippen LogP contribution in [0.1, 0.15) is 0 Å². The molecule has 0 radical (unpaired) electrons. The Kier molecular flexibility index (Phi) is 3.92. The number of hydroxylamine groups is 3. The van der Waals surface area contributed by atoms with Gasteiger partial charge in [-0.25, -0.2) is 0 Å². The van der Waals surface area contributed by atoms with Crippen LogP contribution in [0.3, 0.4) is 0 Å². The van der Waals surface area contributed by atoms with E-state index in [1.54, 1.807) is 0 Å². The minimum absolute atomic E-state index is 0.205. The second kappa shape index (κ2) is 4.01. The van der Waals surface area contributed by atoms with Gasteiger partial charge in [0.1, 0.15) is 0 Å². The van der Waals surface area contributed by atoms with Gasteiger partial charge in [0.2, 0.25) is 0 Å². The topological polar surface area (TPSA) is 47.6 Å². The summed E-state index contributed by atoms with van der Waals surface area (Å²) in [5, 5.41) is 10.7. The molecule has 44 valence electrons. The largest absolute Gasteiger partial charge is 0.784 e. The Bertz CT molecular complexity index is 39.9. The highest BCUT2D eigenvalue weighted by Gasteiger charge is 1.74. The average molecular weight is 105 g/mol. The van der Waals surface area contributed by atoms with Crippen molar-refractivity contribution in [1.82, 2.24) is 10.5 Å². The molecule has 0 spiro atoms. The number of hydrogen-bond acceptors (Lipinski definition) is 4. The summed E-state index contributed by atoms with van der Waals surface area (Å²) in [6.07, 6.45) is 0. The lowest BCUT2D eigenvalue weighted by molar-refractivity contribution is 0.0662. The smallest absolute Gasteiger partial charge is 0.0610 e. The number of nitrogens with zero attached hydrogens (tertiary/aromatic N) is 1. The zero-order valence-electron chi connectivity index (χ0n) is 4.47. The van der Waals surface area contributed by atoms with Crippen molar-refractivity contribution in [2.75, 3.05) is 20.8 Å². The van der Waals surface area contributed by atoms with Crippen LogP contribution in [0, 0.1) is 5.21 Å². The van der Waals surface area contributed by atoms with Gasteiger partial charge in [0.25, 0.3) is 0 Å². The highest BCUT2D eigenvalue weighted by atomic mass is 16.6. The van der Waals surface area contributed by atoms with Crippen molar-refractivity contribution in [2.45, 2.75) is 0 Å². The van der Waals surface area contributed by atoms with Crippen molar-refractivity contribution in [3.05, 3.63) is 5.21 Å². The van der Waals surface area contributed by atoms with Gasteiger partial charge in [-0.3, -0.25) is 0 Å². The molecular weight excluding hydrogens is 96.0 g/mol. The maximum atomic E-state index is 9.98. The van der Waals surface area contributed by atoms with Crippen LogP contribution in [0.2, 0.25) is 0 Å². The Morgan fingerprint density at radius 1 is 1.86 bits per heavy atom. The Morgan fingerprint density at radius 3 is 2.57 bits per heavy atom. The number of rotatable bonds is 3. The average Bonchev–Trinajstić information content (AvgIpc) is 1.61. The lowest BCUT2D eigenvalue weighted by Crippen LogP contribution is -2.25. The van der Waals surface area contributed by atoms with E-state index >= 15 is 0 Å². The van der Waals surface area contributed by atoms with Gasteiger partial charge in [-0.15, -0.1) is 0 Å². The van der Waals surface area contributed by atoms with Crippen LogP contribution in [0.15, 0.2) is 0 Å². The number of nitrogens with one attached hydrogen (secondary N) is 1. The van der Waals surface area contributed by atoms with E-state index in [0.717, 1.165) is 5.06 Å². The van der Waals surface area contributed by atoms with Gasteiger partial charge in [0.15, 0.2) is 0 Å². The van der Waals surface area contributed by atoms with Crippen molar-refractivity contribution in [3.8, 4) is 0 Å². The molecule has 0 fully saturated rings. The van der Waals surface area contributed by atoms with Crippen LogP contribution in [-0.2, 0) is 4.84 Å². The molecule has 0 saturated carbocycles. The van der Waals surface area contributed by atoms with E-state index in [9.17, 15) is 5.21 Å².